The Morgan fingerprint density at radius 2 is 1.77 bits per heavy atom. The zero-order valence-electron chi connectivity index (χ0n) is 17.5. The maximum absolute atomic E-state index is 12.1. The second-order valence-electron chi connectivity index (χ2n) is 7.48. The number of hydrogen-bond acceptors (Lipinski definition) is 6. The van der Waals surface area contributed by atoms with Crippen molar-refractivity contribution in [3.05, 3.63) is 75.1 Å². The number of ether oxygens (including phenoxy) is 2. The maximum Gasteiger partial charge on any atom is 0.344 e. The molecule has 2 aromatic carbocycles. The van der Waals surface area contributed by atoms with E-state index < -0.39 is 11.6 Å². The Hall–Kier alpha value is -3.41. The summed E-state index contributed by atoms with van der Waals surface area (Å²) in [5.41, 5.74) is 3.31. The zero-order valence-corrected chi connectivity index (χ0v) is 17.5. The van der Waals surface area contributed by atoms with E-state index in [1.165, 1.54) is 13.0 Å². The SMILES string of the molecule is CC(=O)c1ccc(OCC(=O)OCc2cc(=O)oc3cc(C)c(C(C)C)cc23)cc1. The molecular formula is C24H24O6. The number of carbonyl (C=O) groups excluding carboxylic acids is 2. The zero-order chi connectivity index (χ0) is 21.8. The molecule has 0 fully saturated rings. The molecule has 0 amide bonds. The van der Waals surface area contributed by atoms with E-state index in [1.54, 1.807) is 24.3 Å². The van der Waals surface area contributed by atoms with Crippen LogP contribution in [0.1, 0.15) is 53.7 Å². The van der Waals surface area contributed by atoms with Crippen LogP contribution < -0.4 is 10.4 Å². The van der Waals surface area contributed by atoms with E-state index in [2.05, 4.69) is 13.8 Å². The van der Waals surface area contributed by atoms with Gasteiger partial charge < -0.3 is 13.9 Å². The summed E-state index contributed by atoms with van der Waals surface area (Å²) >= 11 is 0. The summed E-state index contributed by atoms with van der Waals surface area (Å²) in [6.45, 7) is 7.29. The van der Waals surface area contributed by atoms with Crippen LogP contribution in [-0.4, -0.2) is 18.4 Å². The fourth-order valence-corrected chi connectivity index (χ4v) is 3.26. The lowest BCUT2D eigenvalue weighted by atomic mass is 9.95. The third-order valence-corrected chi connectivity index (χ3v) is 4.85. The van der Waals surface area contributed by atoms with Crippen LogP contribution in [0.3, 0.4) is 0 Å². The molecule has 0 aliphatic rings. The van der Waals surface area contributed by atoms with Gasteiger partial charge in [-0.25, -0.2) is 9.59 Å². The monoisotopic (exact) mass is 408 g/mol. The van der Waals surface area contributed by atoms with Crippen LogP contribution in [0.15, 0.2) is 51.7 Å². The molecule has 0 bridgehead atoms. The van der Waals surface area contributed by atoms with Gasteiger partial charge in [0.1, 0.15) is 17.9 Å². The first-order valence-corrected chi connectivity index (χ1v) is 9.71. The number of aryl methyl sites for hydroxylation is 1. The highest BCUT2D eigenvalue weighted by molar-refractivity contribution is 5.94. The standard InChI is InChI=1S/C24H24O6/c1-14(2)20-11-21-18(10-23(26)30-22(21)9-15(20)3)12-29-24(27)13-28-19-7-5-17(6-8-19)16(4)25/h5-11,14H,12-13H2,1-4H3. The van der Waals surface area contributed by atoms with Crippen molar-refractivity contribution in [1.82, 2.24) is 0 Å². The molecule has 6 nitrogen and oxygen atoms in total. The van der Waals surface area contributed by atoms with Gasteiger partial charge in [0.2, 0.25) is 0 Å². The van der Waals surface area contributed by atoms with Gasteiger partial charge in [-0.05, 0) is 67.3 Å². The Morgan fingerprint density at radius 3 is 2.40 bits per heavy atom. The minimum absolute atomic E-state index is 0.0451. The average molecular weight is 408 g/mol. The Morgan fingerprint density at radius 1 is 1.07 bits per heavy atom. The fourth-order valence-electron chi connectivity index (χ4n) is 3.26. The number of hydrogen-bond donors (Lipinski definition) is 0. The summed E-state index contributed by atoms with van der Waals surface area (Å²) in [6.07, 6.45) is 0. The van der Waals surface area contributed by atoms with Crippen LogP contribution in [0.2, 0.25) is 0 Å². The lowest BCUT2D eigenvalue weighted by Gasteiger charge is -2.13. The van der Waals surface area contributed by atoms with Gasteiger partial charge in [0.05, 0.1) is 0 Å². The molecule has 0 atom stereocenters. The van der Waals surface area contributed by atoms with Crippen LogP contribution >= 0.6 is 0 Å². The maximum atomic E-state index is 12.1. The summed E-state index contributed by atoms with van der Waals surface area (Å²) in [5, 5.41) is 0.748. The highest BCUT2D eigenvalue weighted by Gasteiger charge is 2.13. The van der Waals surface area contributed by atoms with Crippen LogP contribution in [0.4, 0.5) is 0 Å². The first kappa shape index (κ1) is 21.3. The smallest absolute Gasteiger partial charge is 0.344 e. The Kier molecular flexibility index (Phi) is 6.35. The number of benzene rings is 2. The van der Waals surface area contributed by atoms with E-state index in [1.807, 2.05) is 19.1 Å². The van der Waals surface area contributed by atoms with E-state index >= 15 is 0 Å². The predicted molar refractivity (Wildman–Crippen MR) is 113 cm³/mol. The predicted octanol–water partition coefficient (Wildman–Crippen LogP) is 4.55. The van der Waals surface area contributed by atoms with Gasteiger partial charge in [0.15, 0.2) is 12.4 Å². The molecule has 0 saturated carbocycles. The number of esters is 1. The molecule has 0 unspecified atom stereocenters. The van der Waals surface area contributed by atoms with Gasteiger partial charge in [-0.2, -0.15) is 0 Å². The molecule has 1 heterocycles. The van der Waals surface area contributed by atoms with Crippen molar-refractivity contribution in [2.75, 3.05) is 6.61 Å². The van der Waals surface area contributed by atoms with Crippen LogP contribution in [0, 0.1) is 6.92 Å². The Labute approximate surface area is 174 Å². The molecule has 3 aromatic rings. The molecule has 6 heteroatoms. The largest absolute Gasteiger partial charge is 0.482 e. The van der Waals surface area contributed by atoms with Gasteiger partial charge in [-0.3, -0.25) is 4.79 Å². The van der Waals surface area contributed by atoms with E-state index in [4.69, 9.17) is 13.9 Å². The average Bonchev–Trinajstić information content (AvgIpc) is 2.69. The summed E-state index contributed by atoms with van der Waals surface area (Å²) in [6, 6.07) is 11.7. The normalized spacial score (nSPS) is 11.0. The Bertz CT molecular complexity index is 1140. The Balaban J connectivity index is 1.70. The van der Waals surface area contributed by atoms with Crippen molar-refractivity contribution in [2.24, 2.45) is 0 Å². The van der Waals surface area contributed by atoms with Crippen LogP contribution in [-0.2, 0) is 16.1 Å². The van der Waals surface area contributed by atoms with E-state index in [9.17, 15) is 14.4 Å². The molecule has 0 radical (unpaired) electrons. The third kappa shape index (κ3) is 4.95. The third-order valence-electron chi connectivity index (χ3n) is 4.85. The molecule has 0 N–H and O–H groups in total. The fraction of sp³-hybridized carbons (Fsp3) is 0.292. The van der Waals surface area contributed by atoms with Crippen LogP contribution in [0.5, 0.6) is 5.75 Å². The van der Waals surface area contributed by atoms with Gasteiger partial charge in [-0.15, -0.1) is 0 Å². The number of carbonyl (C=O) groups is 2. The second-order valence-corrected chi connectivity index (χ2v) is 7.48. The number of ketones is 1. The molecule has 156 valence electrons. The molecule has 0 saturated heterocycles. The van der Waals surface area contributed by atoms with Crippen molar-refractivity contribution in [3.63, 3.8) is 0 Å². The first-order valence-electron chi connectivity index (χ1n) is 9.71. The van der Waals surface area contributed by atoms with Crippen molar-refractivity contribution >= 4 is 22.7 Å². The topological polar surface area (TPSA) is 82.8 Å². The highest BCUT2D eigenvalue weighted by atomic mass is 16.6. The molecule has 0 aliphatic heterocycles. The van der Waals surface area contributed by atoms with E-state index in [-0.39, 0.29) is 19.0 Å². The van der Waals surface area contributed by atoms with Gasteiger partial charge in [0.25, 0.3) is 0 Å². The second kappa shape index (κ2) is 8.95. The van der Waals surface area contributed by atoms with Gasteiger partial charge >= 0.3 is 11.6 Å². The molecule has 3 rings (SSSR count). The molecule has 30 heavy (non-hydrogen) atoms. The van der Waals surface area contributed by atoms with Crippen molar-refractivity contribution in [3.8, 4) is 5.75 Å². The summed E-state index contributed by atoms with van der Waals surface area (Å²) in [7, 11) is 0. The van der Waals surface area contributed by atoms with Crippen molar-refractivity contribution < 1.29 is 23.5 Å². The molecule has 0 aliphatic carbocycles. The van der Waals surface area contributed by atoms with Crippen molar-refractivity contribution in [2.45, 2.75) is 40.2 Å². The van der Waals surface area contributed by atoms with Gasteiger partial charge in [-0.1, -0.05) is 13.8 Å². The van der Waals surface area contributed by atoms with E-state index in [0.29, 0.717) is 28.4 Å². The van der Waals surface area contributed by atoms with Crippen LogP contribution in [0.25, 0.3) is 11.0 Å². The lowest BCUT2D eigenvalue weighted by molar-refractivity contribution is -0.147. The number of fused-ring (bicyclic) bond motifs is 1. The highest BCUT2D eigenvalue weighted by Crippen LogP contribution is 2.27. The summed E-state index contributed by atoms with van der Waals surface area (Å²) in [5.74, 6) is 0.152. The van der Waals surface area contributed by atoms with Gasteiger partial charge in [0, 0.05) is 22.6 Å². The molecular weight excluding hydrogens is 384 g/mol. The summed E-state index contributed by atoms with van der Waals surface area (Å²) in [4.78, 5) is 35.3. The summed E-state index contributed by atoms with van der Waals surface area (Å²) < 4.78 is 16.0. The first-order chi connectivity index (χ1) is 14.2. The molecule has 1 aromatic heterocycles. The van der Waals surface area contributed by atoms with Crippen molar-refractivity contribution in [1.29, 1.82) is 0 Å². The van der Waals surface area contributed by atoms with E-state index in [0.717, 1.165) is 16.5 Å². The quantitative estimate of drug-likeness (QED) is 0.324. The number of rotatable bonds is 7. The minimum atomic E-state index is -0.566. The lowest BCUT2D eigenvalue weighted by Crippen LogP contribution is -2.15. The minimum Gasteiger partial charge on any atom is -0.482 e. The number of Topliss-reactive ketones (excluding diaryl/α,β-unsaturated/α-hetero) is 1. The molecule has 0 spiro atoms.